The highest BCUT2D eigenvalue weighted by Gasteiger charge is 2.18. The molecule has 1 aromatic carbocycles. The van der Waals surface area contributed by atoms with E-state index in [1.165, 1.54) is 0 Å². The maximum Gasteiger partial charge on any atom is 0.321 e. The first kappa shape index (κ1) is 12.7. The Morgan fingerprint density at radius 2 is 2.00 bits per heavy atom. The lowest BCUT2D eigenvalue weighted by Gasteiger charge is -2.19. The van der Waals surface area contributed by atoms with Crippen molar-refractivity contribution in [1.82, 2.24) is 5.32 Å². The molecule has 88 valence electrons. The summed E-state index contributed by atoms with van der Waals surface area (Å²) in [4.78, 5) is 11.1. The Morgan fingerprint density at radius 1 is 1.38 bits per heavy atom. The quantitative estimate of drug-likeness (QED) is 0.773. The fourth-order valence-electron chi connectivity index (χ4n) is 1.53. The van der Waals surface area contributed by atoms with Crippen molar-refractivity contribution in [1.29, 1.82) is 0 Å². The predicted octanol–water partition coefficient (Wildman–Crippen LogP) is 2.07. The molecule has 0 aliphatic heterocycles. The Balaban J connectivity index is 2.62. The number of hydrogen-bond acceptors (Lipinski definition) is 2. The van der Waals surface area contributed by atoms with Crippen molar-refractivity contribution in [2.24, 2.45) is 0 Å². The molecule has 16 heavy (non-hydrogen) atoms. The van der Waals surface area contributed by atoms with Gasteiger partial charge in [-0.1, -0.05) is 37.3 Å². The van der Waals surface area contributed by atoms with Gasteiger partial charge in [0.2, 0.25) is 0 Å². The molecular formula is C13H19NO2. The van der Waals surface area contributed by atoms with Gasteiger partial charge in [-0.25, -0.2) is 0 Å². The van der Waals surface area contributed by atoms with Crippen molar-refractivity contribution in [3.05, 3.63) is 35.9 Å². The molecule has 0 amide bonds. The lowest BCUT2D eigenvalue weighted by molar-refractivity contribution is -0.139. The van der Waals surface area contributed by atoms with E-state index >= 15 is 0 Å². The van der Waals surface area contributed by atoms with Crippen LogP contribution in [0.1, 0.15) is 25.8 Å². The second kappa shape index (κ2) is 6.28. The van der Waals surface area contributed by atoms with E-state index in [0.717, 1.165) is 12.0 Å². The number of aliphatic carboxylic acids is 1. The highest BCUT2D eigenvalue weighted by molar-refractivity contribution is 5.73. The second-order valence-corrected chi connectivity index (χ2v) is 4.06. The van der Waals surface area contributed by atoms with Crippen molar-refractivity contribution in [2.45, 2.75) is 38.8 Å². The van der Waals surface area contributed by atoms with Gasteiger partial charge >= 0.3 is 5.97 Å². The summed E-state index contributed by atoms with van der Waals surface area (Å²) >= 11 is 0. The molecule has 0 radical (unpaired) electrons. The van der Waals surface area contributed by atoms with Crippen LogP contribution in [0, 0.1) is 0 Å². The summed E-state index contributed by atoms with van der Waals surface area (Å²) in [6.07, 6.45) is 1.46. The van der Waals surface area contributed by atoms with Crippen LogP contribution in [0.25, 0.3) is 0 Å². The number of nitrogens with one attached hydrogen (secondary N) is 1. The average Bonchev–Trinajstić information content (AvgIpc) is 2.29. The molecule has 1 rings (SSSR count). The summed E-state index contributed by atoms with van der Waals surface area (Å²) in [6, 6.07) is 9.42. The summed E-state index contributed by atoms with van der Waals surface area (Å²) in [6.45, 7) is 4.04. The van der Waals surface area contributed by atoms with Crippen LogP contribution < -0.4 is 5.32 Å². The molecule has 0 saturated carbocycles. The molecule has 0 heterocycles. The molecule has 0 aromatic heterocycles. The van der Waals surface area contributed by atoms with Crippen molar-refractivity contribution < 1.29 is 9.90 Å². The van der Waals surface area contributed by atoms with Gasteiger partial charge < -0.3 is 10.4 Å². The first-order valence-corrected chi connectivity index (χ1v) is 5.66. The molecular weight excluding hydrogens is 202 g/mol. The minimum Gasteiger partial charge on any atom is -0.480 e. The van der Waals surface area contributed by atoms with E-state index in [1.54, 1.807) is 0 Å². The zero-order valence-electron chi connectivity index (χ0n) is 9.81. The van der Waals surface area contributed by atoms with Gasteiger partial charge in [0.1, 0.15) is 6.04 Å². The minimum atomic E-state index is -0.788. The third-order valence-corrected chi connectivity index (χ3v) is 2.68. The number of hydrogen-bond donors (Lipinski definition) is 2. The highest BCUT2D eigenvalue weighted by atomic mass is 16.4. The molecule has 3 nitrogen and oxygen atoms in total. The summed E-state index contributed by atoms with van der Waals surface area (Å²) in [7, 11) is 0. The molecule has 0 bridgehead atoms. The molecule has 0 fully saturated rings. The van der Waals surface area contributed by atoms with Crippen LogP contribution in [0.2, 0.25) is 0 Å². The smallest absolute Gasteiger partial charge is 0.321 e. The van der Waals surface area contributed by atoms with Crippen LogP contribution in [0.4, 0.5) is 0 Å². The summed E-state index contributed by atoms with van der Waals surface area (Å²) in [5, 5.41) is 12.2. The molecule has 0 spiro atoms. The number of carboxylic acid groups (broad SMARTS) is 1. The number of carbonyl (C=O) groups is 1. The highest BCUT2D eigenvalue weighted by Crippen LogP contribution is 2.04. The molecule has 1 aromatic rings. The molecule has 3 heteroatoms. The Kier molecular flexibility index (Phi) is 4.99. The SMILES string of the molecule is CCC(C)N[C@@H](Cc1ccccc1)C(=O)O. The summed E-state index contributed by atoms with van der Waals surface area (Å²) < 4.78 is 0. The zero-order valence-corrected chi connectivity index (χ0v) is 9.81. The molecule has 1 unspecified atom stereocenters. The van der Waals surface area contributed by atoms with E-state index in [9.17, 15) is 4.79 Å². The van der Waals surface area contributed by atoms with Crippen molar-refractivity contribution in [3.63, 3.8) is 0 Å². The fourth-order valence-corrected chi connectivity index (χ4v) is 1.53. The van der Waals surface area contributed by atoms with Gasteiger partial charge in [0.25, 0.3) is 0 Å². The second-order valence-electron chi connectivity index (χ2n) is 4.06. The van der Waals surface area contributed by atoms with Crippen molar-refractivity contribution >= 4 is 5.97 Å². The number of benzene rings is 1. The number of rotatable bonds is 6. The van der Waals surface area contributed by atoms with Gasteiger partial charge in [-0.15, -0.1) is 0 Å². The average molecular weight is 221 g/mol. The van der Waals surface area contributed by atoms with Crippen LogP contribution in [0.5, 0.6) is 0 Å². The maximum absolute atomic E-state index is 11.1. The first-order valence-electron chi connectivity index (χ1n) is 5.66. The lowest BCUT2D eigenvalue weighted by Crippen LogP contribution is -2.43. The number of carboxylic acids is 1. The summed E-state index contributed by atoms with van der Waals surface area (Å²) in [5.41, 5.74) is 1.05. The topological polar surface area (TPSA) is 49.3 Å². The Morgan fingerprint density at radius 3 is 2.50 bits per heavy atom. The fraction of sp³-hybridized carbons (Fsp3) is 0.462. The molecule has 0 aliphatic rings. The van der Waals surface area contributed by atoms with Gasteiger partial charge in [0, 0.05) is 6.04 Å². The Hall–Kier alpha value is -1.35. The van der Waals surface area contributed by atoms with E-state index in [-0.39, 0.29) is 6.04 Å². The predicted molar refractivity (Wildman–Crippen MR) is 64.5 cm³/mol. The van der Waals surface area contributed by atoms with E-state index in [4.69, 9.17) is 5.11 Å². The van der Waals surface area contributed by atoms with Gasteiger partial charge in [-0.3, -0.25) is 4.79 Å². The molecule has 2 atom stereocenters. The molecule has 0 aliphatic carbocycles. The largest absolute Gasteiger partial charge is 0.480 e. The van der Waals surface area contributed by atoms with Crippen LogP contribution in [-0.4, -0.2) is 23.2 Å². The van der Waals surface area contributed by atoms with E-state index in [0.29, 0.717) is 6.42 Å². The minimum absolute atomic E-state index is 0.227. The first-order chi connectivity index (χ1) is 7.63. The van der Waals surface area contributed by atoms with Crippen LogP contribution in [0.15, 0.2) is 30.3 Å². The molecule has 2 N–H and O–H groups in total. The van der Waals surface area contributed by atoms with Crippen LogP contribution in [0.3, 0.4) is 0 Å². The van der Waals surface area contributed by atoms with Crippen molar-refractivity contribution in [2.75, 3.05) is 0 Å². The normalized spacial score (nSPS) is 14.4. The van der Waals surface area contributed by atoms with Gasteiger partial charge in [0.05, 0.1) is 0 Å². The Bertz CT molecular complexity index is 324. The van der Waals surface area contributed by atoms with Gasteiger partial charge in [-0.2, -0.15) is 0 Å². The Labute approximate surface area is 96.5 Å². The van der Waals surface area contributed by atoms with Crippen LogP contribution in [-0.2, 0) is 11.2 Å². The van der Waals surface area contributed by atoms with Gasteiger partial charge in [0.15, 0.2) is 0 Å². The maximum atomic E-state index is 11.1. The molecule has 0 saturated heterocycles. The van der Waals surface area contributed by atoms with E-state index < -0.39 is 12.0 Å². The van der Waals surface area contributed by atoms with Crippen molar-refractivity contribution in [3.8, 4) is 0 Å². The monoisotopic (exact) mass is 221 g/mol. The third-order valence-electron chi connectivity index (χ3n) is 2.68. The standard InChI is InChI=1S/C13H19NO2/c1-3-10(2)14-12(13(15)16)9-11-7-5-4-6-8-11/h4-8,10,12,14H,3,9H2,1-2H3,(H,15,16)/t10?,12-/m0/s1. The zero-order chi connectivity index (χ0) is 12.0. The van der Waals surface area contributed by atoms with Gasteiger partial charge in [-0.05, 0) is 25.3 Å². The lowest BCUT2D eigenvalue weighted by atomic mass is 10.0. The van der Waals surface area contributed by atoms with E-state index in [2.05, 4.69) is 5.32 Å². The van der Waals surface area contributed by atoms with E-state index in [1.807, 2.05) is 44.2 Å². The summed E-state index contributed by atoms with van der Waals surface area (Å²) in [5.74, 6) is -0.788. The van der Waals surface area contributed by atoms with Crippen LogP contribution >= 0.6 is 0 Å². The third kappa shape index (κ3) is 4.03.